The number of anilines is 1. The minimum absolute atomic E-state index is 0.205. The van der Waals surface area contributed by atoms with Gasteiger partial charge in [-0.05, 0) is 23.9 Å². The molecule has 0 atom stereocenters. The molecule has 0 bridgehead atoms. The van der Waals surface area contributed by atoms with Crippen LogP contribution in [0.15, 0.2) is 18.2 Å². The molecular weight excluding hydrogens is 311 g/mol. The molecule has 1 rings (SSSR count). The van der Waals surface area contributed by atoms with Crippen LogP contribution < -0.4 is 10.6 Å². The molecule has 2 N–H and O–H groups in total. The molecule has 0 aromatic heterocycles. The molecule has 10 heteroatoms. The Bertz CT molecular complexity index is 537. The van der Waals surface area contributed by atoms with E-state index in [1.54, 1.807) is 7.05 Å². The third-order valence-corrected chi connectivity index (χ3v) is 3.12. The largest absolute Gasteiger partial charge is 0.441 e. The van der Waals surface area contributed by atoms with Crippen LogP contribution in [0.3, 0.4) is 0 Å². The van der Waals surface area contributed by atoms with Gasteiger partial charge in [-0.15, -0.1) is 0 Å². The lowest BCUT2D eigenvalue weighted by Gasteiger charge is -2.08. The predicted octanol–water partition coefficient (Wildman–Crippen LogP) is 2.62. The number of hydrogen-bond donors (Lipinski definition) is 2. The van der Waals surface area contributed by atoms with E-state index in [2.05, 4.69) is 10.6 Å². The Morgan fingerprint density at radius 2 is 2.10 bits per heavy atom. The van der Waals surface area contributed by atoms with E-state index in [1.807, 2.05) is 0 Å². The second-order valence-electron chi connectivity index (χ2n) is 3.79. The molecule has 0 aliphatic heterocycles. The third-order valence-electron chi connectivity index (χ3n) is 2.38. The number of carbonyl (C=O) groups is 1. The van der Waals surface area contributed by atoms with Gasteiger partial charge in [0.15, 0.2) is 0 Å². The maximum atomic E-state index is 11.9. The summed E-state index contributed by atoms with van der Waals surface area (Å²) in [6.45, 7) is -0.246. The van der Waals surface area contributed by atoms with Crippen molar-refractivity contribution in [3.8, 4) is 0 Å². The molecule has 116 valence electrons. The molecule has 21 heavy (non-hydrogen) atoms. The van der Waals surface area contributed by atoms with E-state index in [1.165, 1.54) is 12.1 Å². The molecule has 1 amide bonds. The van der Waals surface area contributed by atoms with E-state index in [0.29, 0.717) is 5.69 Å². The lowest BCUT2D eigenvalue weighted by atomic mass is 10.1. The number of carbonyl (C=O) groups excluding carboxylic acids is 1. The first-order chi connectivity index (χ1) is 9.74. The fraction of sp³-hybridized carbons (Fsp3) is 0.364. The molecule has 0 unspecified atom stereocenters. The molecule has 0 aliphatic rings. The fourth-order valence-corrected chi connectivity index (χ4v) is 1.89. The molecule has 0 saturated heterocycles. The zero-order valence-electron chi connectivity index (χ0n) is 10.9. The summed E-state index contributed by atoms with van der Waals surface area (Å²) in [6, 6.07) is 3.85. The summed E-state index contributed by atoms with van der Waals surface area (Å²) in [5.41, 5.74) is -4.50. The zero-order valence-corrected chi connectivity index (χ0v) is 11.7. The van der Waals surface area contributed by atoms with Crippen molar-refractivity contribution in [1.82, 2.24) is 5.32 Å². The Labute approximate surface area is 122 Å². The van der Waals surface area contributed by atoms with Gasteiger partial charge in [-0.3, -0.25) is 14.9 Å². The van der Waals surface area contributed by atoms with Gasteiger partial charge in [0.25, 0.3) is 11.6 Å². The molecule has 1 aromatic rings. The molecule has 0 saturated carbocycles. The van der Waals surface area contributed by atoms with Gasteiger partial charge in [-0.25, -0.2) is 0 Å². The Morgan fingerprint density at radius 1 is 1.43 bits per heavy atom. The fourth-order valence-electron chi connectivity index (χ4n) is 1.46. The van der Waals surface area contributed by atoms with Crippen LogP contribution in [0, 0.1) is 10.1 Å². The molecule has 6 nitrogen and oxygen atoms in total. The molecule has 0 aliphatic carbocycles. The maximum Gasteiger partial charge on any atom is 0.441 e. The Kier molecular flexibility index (Phi) is 5.82. The number of nitro groups is 1. The van der Waals surface area contributed by atoms with E-state index in [-0.39, 0.29) is 29.6 Å². The van der Waals surface area contributed by atoms with Crippen LogP contribution in [0.4, 0.5) is 24.5 Å². The van der Waals surface area contributed by atoms with Crippen LogP contribution in [0.2, 0.25) is 0 Å². The zero-order chi connectivity index (χ0) is 16.0. The van der Waals surface area contributed by atoms with Gasteiger partial charge in [0.05, 0.1) is 4.92 Å². The van der Waals surface area contributed by atoms with E-state index < -0.39 is 22.0 Å². The summed E-state index contributed by atoms with van der Waals surface area (Å²) >= 11 is -0.272. The summed E-state index contributed by atoms with van der Waals surface area (Å²) < 4.78 is 35.8. The average Bonchev–Trinajstić information content (AvgIpc) is 2.41. The highest BCUT2D eigenvalue weighted by molar-refractivity contribution is 8.00. The number of alkyl halides is 3. The highest BCUT2D eigenvalue weighted by Crippen LogP contribution is 2.29. The van der Waals surface area contributed by atoms with Gasteiger partial charge in [0.2, 0.25) is 0 Å². The van der Waals surface area contributed by atoms with Crippen molar-refractivity contribution in [2.75, 3.05) is 24.7 Å². The number of nitrogens with zero attached hydrogens (tertiary/aromatic N) is 1. The lowest BCUT2D eigenvalue weighted by molar-refractivity contribution is -0.385. The number of hydrogen-bond acceptors (Lipinski definition) is 5. The first-order valence-electron chi connectivity index (χ1n) is 5.69. The summed E-state index contributed by atoms with van der Waals surface area (Å²) in [5, 5.41) is 15.8. The highest BCUT2D eigenvalue weighted by Gasteiger charge is 2.27. The summed E-state index contributed by atoms with van der Waals surface area (Å²) in [5.74, 6) is -1.16. The van der Waals surface area contributed by atoms with Crippen LogP contribution in [0.1, 0.15) is 10.4 Å². The van der Waals surface area contributed by atoms with Crippen molar-refractivity contribution < 1.29 is 22.9 Å². The van der Waals surface area contributed by atoms with E-state index >= 15 is 0 Å². The van der Waals surface area contributed by atoms with Crippen LogP contribution in [0.25, 0.3) is 0 Å². The molecule has 0 spiro atoms. The number of thioether (sulfide) groups is 1. The van der Waals surface area contributed by atoms with Gasteiger partial charge in [0.1, 0.15) is 5.56 Å². The summed E-state index contributed by atoms with van der Waals surface area (Å²) in [6.07, 6.45) is 0. The minimum atomic E-state index is -4.37. The van der Waals surface area contributed by atoms with Gasteiger partial charge in [0, 0.05) is 31.1 Å². The average molecular weight is 323 g/mol. The van der Waals surface area contributed by atoms with Crippen molar-refractivity contribution >= 4 is 29.0 Å². The van der Waals surface area contributed by atoms with Crippen molar-refractivity contribution in [1.29, 1.82) is 0 Å². The number of amides is 1. The number of rotatable bonds is 6. The standard InChI is InChI=1S/C11H12F3N3O3S/c1-15-7-2-3-9(17(19)20)8(6-7)10(18)16-4-5-21-11(12,13)14/h2-3,6,15H,4-5H2,1H3,(H,16,18). The second kappa shape index (κ2) is 7.16. The number of nitrogens with one attached hydrogen (secondary N) is 2. The normalized spacial score (nSPS) is 11.0. The Hall–Kier alpha value is -1.97. The maximum absolute atomic E-state index is 11.9. The van der Waals surface area contributed by atoms with Crippen LogP contribution in [-0.4, -0.2) is 35.7 Å². The van der Waals surface area contributed by atoms with Gasteiger partial charge < -0.3 is 10.6 Å². The molecule has 0 heterocycles. The molecular formula is C11H12F3N3O3S. The van der Waals surface area contributed by atoms with Crippen molar-refractivity contribution in [2.24, 2.45) is 0 Å². The van der Waals surface area contributed by atoms with Gasteiger partial charge in [-0.1, -0.05) is 0 Å². The van der Waals surface area contributed by atoms with Crippen molar-refractivity contribution in [2.45, 2.75) is 5.51 Å². The Balaban J connectivity index is 2.74. The third kappa shape index (κ3) is 5.50. The Morgan fingerprint density at radius 3 is 2.62 bits per heavy atom. The quantitative estimate of drug-likeness (QED) is 0.477. The van der Waals surface area contributed by atoms with Gasteiger partial charge >= 0.3 is 5.51 Å². The summed E-state index contributed by atoms with van der Waals surface area (Å²) in [7, 11) is 1.57. The lowest BCUT2D eigenvalue weighted by Crippen LogP contribution is -2.27. The molecule has 0 radical (unpaired) electrons. The van der Waals surface area contributed by atoms with Crippen LogP contribution in [0.5, 0.6) is 0 Å². The predicted molar refractivity (Wildman–Crippen MR) is 73.5 cm³/mol. The highest BCUT2D eigenvalue weighted by atomic mass is 32.2. The first kappa shape index (κ1) is 17.1. The van der Waals surface area contributed by atoms with Gasteiger partial charge in [-0.2, -0.15) is 13.2 Å². The van der Waals surface area contributed by atoms with Crippen LogP contribution in [-0.2, 0) is 0 Å². The van der Waals surface area contributed by atoms with E-state index in [9.17, 15) is 28.1 Å². The smallest absolute Gasteiger partial charge is 0.388 e. The van der Waals surface area contributed by atoms with Crippen molar-refractivity contribution in [3.63, 3.8) is 0 Å². The first-order valence-corrected chi connectivity index (χ1v) is 6.68. The van der Waals surface area contributed by atoms with E-state index in [0.717, 1.165) is 6.07 Å². The number of benzene rings is 1. The number of nitro benzene ring substituents is 1. The van der Waals surface area contributed by atoms with Crippen molar-refractivity contribution in [3.05, 3.63) is 33.9 Å². The minimum Gasteiger partial charge on any atom is -0.388 e. The SMILES string of the molecule is CNc1ccc([N+](=O)[O-])c(C(=O)NCCSC(F)(F)F)c1. The van der Waals surface area contributed by atoms with E-state index in [4.69, 9.17) is 0 Å². The second-order valence-corrected chi connectivity index (χ2v) is 4.95. The topological polar surface area (TPSA) is 84.3 Å². The monoisotopic (exact) mass is 323 g/mol. The molecule has 0 fully saturated rings. The van der Waals surface area contributed by atoms with Crippen LogP contribution >= 0.6 is 11.8 Å². The number of halogens is 3. The molecule has 1 aromatic carbocycles. The summed E-state index contributed by atoms with van der Waals surface area (Å²) in [4.78, 5) is 21.9.